The van der Waals surface area contributed by atoms with Gasteiger partial charge < -0.3 is 15.0 Å². The number of fused-ring (bicyclic) bond motifs is 1. The summed E-state index contributed by atoms with van der Waals surface area (Å²) in [6.45, 7) is 1.85. The lowest BCUT2D eigenvalue weighted by molar-refractivity contribution is -0.113. The van der Waals surface area contributed by atoms with Gasteiger partial charge in [0, 0.05) is 22.0 Å². The third-order valence-corrected chi connectivity index (χ3v) is 6.75. The predicted molar refractivity (Wildman–Crippen MR) is 128 cm³/mol. The maximum Gasteiger partial charge on any atom is 0.260 e. The Kier molecular flexibility index (Phi) is 6.31. The number of thioether (sulfide) groups is 1. The van der Waals surface area contributed by atoms with Crippen LogP contribution in [0.25, 0.3) is 21.3 Å². The molecule has 0 aliphatic carbocycles. The van der Waals surface area contributed by atoms with E-state index in [1.165, 1.54) is 18.4 Å². The van der Waals surface area contributed by atoms with Gasteiger partial charge in [-0.1, -0.05) is 53.7 Å². The van der Waals surface area contributed by atoms with Crippen molar-refractivity contribution in [2.24, 2.45) is 0 Å². The molecule has 0 aliphatic rings. The average Bonchev–Trinajstić information content (AvgIpc) is 3.20. The number of H-pyrrole nitrogens is 1. The van der Waals surface area contributed by atoms with E-state index in [9.17, 15) is 9.59 Å². The van der Waals surface area contributed by atoms with Crippen molar-refractivity contribution in [3.05, 3.63) is 68.8 Å². The Morgan fingerprint density at radius 1 is 1.29 bits per heavy atom. The standard InChI is InChI=1S/C22H18ClN3O3S2/c1-12-8-16(17(29-2)9-15(12)23)24-18(27)11-31-22-25-20(28)19-14(10-30-21(19)26-22)13-6-4-3-5-7-13/h3-10H,11H2,1-2H3,(H,24,27)(H,25,26,28). The van der Waals surface area contributed by atoms with E-state index in [4.69, 9.17) is 16.3 Å². The number of aryl methyl sites for hydroxylation is 1. The van der Waals surface area contributed by atoms with Gasteiger partial charge in [0.2, 0.25) is 5.91 Å². The zero-order chi connectivity index (χ0) is 22.0. The van der Waals surface area contributed by atoms with Crippen LogP contribution in [0.1, 0.15) is 5.56 Å². The summed E-state index contributed by atoms with van der Waals surface area (Å²) < 4.78 is 5.28. The van der Waals surface area contributed by atoms with Crippen molar-refractivity contribution in [3.8, 4) is 16.9 Å². The van der Waals surface area contributed by atoms with Gasteiger partial charge in [-0.3, -0.25) is 9.59 Å². The van der Waals surface area contributed by atoms with Crippen LogP contribution >= 0.6 is 34.7 Å². The van der Waals surface area contributed by atoms with Gasteiger partial charge in [-0.05, 0) is 24.1 Å². The number of carbonyl (C=O) groups excluding carboxylic acids is 1. The SMILES string of the molecule is COc1cc(Cl)c(C)cc1NC(=O)CSc1nc2scc(-c3ccccc3)c2c(=O)[nH]1. The summed E-state index contributed by atoms with van der Waals surface area (Å²) in [7, 11) is 1.51. The van der Waals surface area contributed by atoms with Gasteiger partial charge in [0.15, 0.2) is 5.16 Å². The van der Waals surface area contributed by atoms with Crippen LogP contribution in [0.15, 0.2) is 57.8 Å². The van der Waals surface area contributed by atoms with E-state index in [2.05, 4.69) is 15.3 Å². The Hall–Kier alpha value is -2.81. The number of aromatic nitrogens is 2. The smallest absolute Gasteiger partial charge is 0.260 e. The number of benzene rings is 2. The molecule has 0 unspecified atom stereocenters. The summed E-state index contributed by atoms with van der Waals surface area (Å²) in [6, 6.07) is 13.1. The largest absolute Gasteiger partial charge is 0.495 e. The van der Waals surface area contributed by atoms with Crippen LogP contribution < -0.4 is 15.6 Å². The first-order chi connectivity index (χ1) is 15.0. The molecule has 0 radical (unpaired) electrons. The molecule has 2 aromatic heterocycles. The molecule has 0 atom stereocenters. The first kappa shape index (κ1) is 21.4. The first-order valence-corrected chi connectivity index (χ1v) is 11.5. The van der Waals surface area contributed by atoms with E-state index in [1.54, 1.807) is 12.1 Å². The zero-order valence-corrected chi connectivity index (χ0v) is 19.1. The predicted octanol–water partition coefficient (Wildman–Crippen LogP) is 5.35. The van der Waals surface area contributed by atoms with Gasteiger partial charge in [0.05, 0.1) is 23.9 Å². The minimum absolute atomic E-state index is 0.0796. The Balaban J connectivity index is 1.50. The molecule has 31 heavy (non-hydrogen) atoms. The van der Waals surface area contributed by atoms with E-state index in [0.29, 0.717) is 31.8 Å². The van der Waals surface area contributed by atoms with Gasteiger partial charge in [-0.15, -0.1) is 11.3 Å². The fraction of sp³-hybridized carbons (Fsp3) is 0.136. The van der Waals surface area contributed by atoms with E-state index in [0.717, 1.165) is 28.5 Å². The van der Waals surface area contributed by atoms with Gasteiger partial charge in [-0.2, -0.15) is 0 Å². The normalized spacial score (nSPS) is 10.9. The van der Waals surface area contributed by atoms with E-state index < -0.39 is 0 Å². The zero-order valence-electron chi connectivity index (χ0n) is 16.7. The summed E-state index contributed by atoms with van der Waals surface area (Å²) >= 11 is 8.68. The van der Waals surface area contributed by atoms with E-state index >= 15 is 0 Å². The molecule has 0 saturated heterocycles. The summed E-state index contributed by atoms with van der Waals surface area (Å²) in [5.74, 6) is 0.314. The van der Waals surface area contributed by atoms with E-state index in [-0.39, 0.29) is 17.2 Å². The minimum Gasteiger partial charge on any atom is -0.495 e. The number of carbonyl (C=O) groups is 1. The summed E-state index contributed by atoms with van der Waals surface area (Å²) in [6.07, 6.45) is 0. The molecule has 2 N–H and O–H groups in total. The van der Waals surface area contributed by atoms with Crippen molar-refractivity contribution in [1.29, 1.82) is 0 Å². The maximum absolute atomic E-state index is 12.7. The molecule has 2 heterocycles. The molecule has 4 rings (SSSR count). The van der Waals surface area contributed by atoms with Gasteiger partial charge >= 0.3 is 0 Å². The van der Waals surface area contributed by atoms with Crippen LogP contribution in [0.5, 0.6) is 5.75 Å². The molecule has 2 aromatic carbocycles. The van der Waals surface area contributed by atoms with Gasteiger partial charge in [-0.25, -0.2) is 4.98 Å². The number of thiophene rings is 1. The molecular weight excluding hydrogens is 454 g/mol. The van der Waals surface area contributed by atoms with E-state index in [1.807, 2.05) is 42.6 Å². The molecule has 6 nitrogen and oxygen atoms in total. The fourth-order valence-corrected chi connectivity index (χ4v) is 4.90. The molecular formula is C22H18ClN3O3S2. The number of aromatic amines is 1. The number of halogens is 1. The minimum atomic E-state index is -0.246. The van der Waals surface area contributed by atoms with Crippen molar-refractivity contribution in [3.63, 3.8) is 0 Å². The lowest BCUT2D eigenvalue weighted by atomic mass is 10.1. The fourth-order valence-electron chi connectivity index (χ4n) is 3.08. The Bertz CT molecular complexity index is 1320. The van der Waals surface area contributed by atoms with Crippen molar-refractivity contribution in [2.75, 3.05) is 18.2 Å². The molecule has 0 fully saturated rings. The van der Waals surface area contributed by atoms with Gasteiger partial charge in [0.1, 0.15) is 10.6 Å². The monoisotopic (exact) mass is 471 g/mol. The Labute approximate surface area is 191 Å². The molecule has 158 valence electrons. The molecule has 0 aliphatic heterocycles. The van der Waals surface area contributed by atoms with Crippen LogP contribution in [0.4, 0.5) is 5.69 Å². The highest BCUT2D eigenvalue weighted by molar-refractivity contribution is 7.99. The summed E-state index contributed by atoms with van der Waals surface area (Å²) in [4.78, 5) is 33.1. The van der Waals surface area contributed by atoms with Gasteiger partial charge in [0.25, 0.3) is 5.56 Å². The number of amides is 1. The summed E-state index contributed by atoms with van der Waals surface area (Å²) in [5.41, 5.74) is 2.97. The summed E-state index contributed by atoms with van der Waals surface area (Å²) in [5, 5.41) is 6.26. The number of ether oxygens (including phenoxy) is 1. The van der Waals surface area contributed by atoms with Crippen molar-refractivity contribution >= 4 is 56.5 Å². The van der Waals surface area contributed by atoms with Crippen LogP contribution in [-0.4, -0.2) is 28.7 Å². The number of anilines is 1. The van der Waals surface area contributed by atoms with Crippen LogP contribution in [0.2, 0.25) is 5.02 Å². The molecule has 1 amide bonds. The topological polar surface area (TPSA) is 84.1 Å². The quantitative estimate of drug-likeness (QED) is 0.292. The number of hydrogen-bond donors (Lipinski definition) is 2. The number of nitrogens with one attached hydrogen (secondary N) is 2. The van der Waals surface area contributed by atoms with Crippen molar-refractivity contribution in [1.82, 2.24) is 9.97 Å². The Morgan fingerprint density at radius 3 is 2.81 bits per heavy atom. The van der Waals surface area contributed by atoms with Crippen molar-refractivity contribution < 1.29 is 9.53 Å². The second-order valence-electron chi connectivity index (χ2n) is 6.71. The molecule has 9 heteroatoms. The molecule has 0 spiro atoms. The highest BCUT2D eigenvalue weighted by Gasteiger charge is 2.15. The van der Waals surface area contributed by atoms with Crippen LogP contribution in [-0.2, 0) is 4.79 Å². The lowest BCUT2D eigenvalue weighted by Gasteiger charge is -2.12. The Morgan fingerprint density at radius 2 is 2.06 bits per heavy atom. The van der Waals surface area contributed by atoms with Crippen molar-refractivity contribution in [2.45, 2.75) is 12.1 Å². The second-order valence-corrected chi connectivity index (χ2v) is 8.93. The number of hydrogen-bond acceptors (Lipinski definition) is 6. The van der Waals surface area contributed by atoms with Crippen LogP contribution in [0, 0.1) is 6.92 Å². The third-order valence-electron chi connectivity index (χ3n) is 4.60. The lowest BCUT2D eigenvalue weighted by Crippen LogP contribution is -2.16. The highest BCUT2D eigenvalue weighted by atomic mass is 35.5. The molecule has 4 aromatic rings. The maximum atomic E-state index is 12.7. The number of methoxy groups -OCH3 is 1. The molecule has 0 saturated carbocycles. The third kappa shape index (κ3) is 4.61. The highest BCUT2D eigenvalue weighted by Crippen LogP contribution is 2.32. The second kappa shape index (κ2) is 9.13. The number of rotatable bonds is 6. The molecule has 0 bridgehead atoms. The first-order valence-electron chi connectivity index (χ1n) is 9.30. The van der Waals surface area contributed by atoms with Crippen LogP contribution in [0.3, 0.4) is 0 Å². The number of nitrogens with zero attached hydrogens (tertiary/aromatic N) is 1. The average molecular weight is 472 g/mol.